The van der Waals surface area contributed by atoms with Crippen LogP contribution in [0, 0.1) is 34.0 Å². The number of aliphatic hydroxyl groups excluding tert-OH is 14. The van der Waals surface area contributed by atoms with Crippen LogP contribution in [0.5, 0.6) is 0 Å². The van der Waals surface area contributed by atoms with Gasteiger partial charge in [-0.2, -0.15) is 0 Å². The van der Waals surface area contributed by atoms with E-state index in [-0.39, 0.29) is 23.2 Å². The van der Waals surface area contributed by atoms with Crippen molar-refractivity contribution in [1.29, 1.82) is 0 Å². The fraction of sp³-hybridized carbons (Fsp3) is 0.932. The Hall–Kier alpha value is -1.63. The lowest BCUT2D eigenvalue weighted by Crippen LogP contribution is -2.67. The van der Waals surface area contributed by atoms with Crippen LogP contribution in [0.25, 0.3) is 0 Å². The van der Waals surface area contributed by atoms with Gasteiger partial charge >= 0.3 is 5.97 Å². The van der Waals surface area contributed by atoms with Crippen LogP contribution in [0.1, 0.15) is 65.2 Å². The van der Waals surface area contributed by atoms with E-state index < -0.39 is 172 Å². The number of carbonyl (C=O) groups is 1. The van der Waals surface area contributed by atoms with Crippen molar-refractivity contribution in [2.45, 2.75) is 194 Å². The summed E-state index contributed by atoms with van der Waals surface area (Å²) < 4.78 is 48.1. The molecular formula is C44H70O23. The number of carbonyl (C=O) groups excluding carboxylic acids is 1. The maximum Gasteiger partial charge on any atom is 0.314 e. The van der Waals surface area contributed by atoms with Gasteiger partial charge in [-0.05, 0) is 74.5 Å². The molecule has 0 aromatic carbocycles. The predicted octanol–water partition coefficient (Wildman–Crippen LogP) is -5.26. The van der Waals surface area contributed by atoms with Crippen LogP contribution in [0.15, 0.2) is 12.2 Å². The molecule has 23 nitrogen and oxygen atoms in total. The first-order chi connectivity index (χ1) is 31.7. The molecule has 1 spiro atoms. The number of fused-ring (bicyclic) bond motifs is 3. The summed E-state index contributed by atoms with van der Waals surface area (Å²) >= 11 is 0. The third-order valence-corrected chi connectivity index (χ3v) is 17.0. The third-order valence-electron chi connectivity index (χ3n) is 17.0. The fourth-order valence-corrected chi connectivity index (χ4v) is 13.4. The van der Waals surface area contributed by atoms with Gasteiger partial charge < -0.3 is 109 Å². The molecule has 8 aliphatic rings. The van der Waals surface area contributed by atoms with Crippen LogP contribution in [0.3, 0.4) is 0 Å². The molecule has 4 heterocycles. The molecule has 0 amide bonds. The Bertz CT molecular complexity index is 1740. The Balaban J connectivity index is 1.09. The van der Waals surface area contributed by atoms with Gasteiger partial charge in [0, 0.05) is 5.92 Å². The topological polar surface area (TPSA) is 374 Å². The Morgan fingerprint density at radius 1 is 0.582 bits per heavy atom. The number of hydrogen-bond acceptors (Lipinski definition) is 23. The summed E-state index contributed by atoms with van der Waals surface area (Å²) in [4.78, 5) is 14.4. The normalized spacial score (nSPS) is 54.5. The van der Waals surface area contributed by atoms with Crippen molar-refractivity contribution in [1.82, 2.24) is 0 Å². The Kier molecular flexibility index (Phi) is 15.3. The van der Waals surface area contributed by atoms with Crippen LogP contribution in [-0.2, 0) is 42.7 Å². The van der Waals surface area contributed by atoms with E-state index in [9.17, 15) is 76.3 Å². The summed E-state index contributed by atoms with van der Waals surface area (Å²) in [5, 5.41) is 148. The van der Waals surface area contributed by atoms with Crippen molar-refractivity contribution in [2.75, 3.05) is 26.4 Å². The van der Waals surface area contributed by atoms with Crippen molar-refractivity contribution < 1.29 is 114 Å². The molecule has 0 aromatic heterocycles. The van der Waals surface area contributed by atoms with Gasteiger partial charge in [-0.25, -0.2) is 0 Å². The summed E-state index contributed by atoms with van der Waals surface area (Å²) in [5.74, 6) is -1.31. The van der Waals surface area contributed by atoms with E-state index in [1.165, 1.54) is 0 Å². The first-order valence-corrected chi connectivity index (χ1v) is 23.4. The minimum Gasteiger partial charge on any atom is -0.432 e. The summed E-state index contributed by atoms with van der Waals surface area (Å²) in [5.41, 5.74) is -0.989. The average Bonchev–Trinajstić information content (AvgIpc) is 3.58. The zero-order valence-corrected chi connectivity index (χ0v) is 37.5. The summed E-state index contributed by atoms with van der Waals surface area (Å²) in [6.07, 6.45) is -30.2. The Morgan fingerprint density at radius 2 is 1.06 bits per heavy atom. The minimum absolute atomic E-state index is 0.118. The molecule has 0 aromatic rings. The predicted molar refractivity (Wildman–Crippen MR) is 219 cm³/mol. The second-order valence-corrected chi connectivity index (χ2v) is 20.8. The Morgan fingerprint density at radius 3 is 1.60 bits per heavy atom. The first-order valence-electron chi connectivity index (χ1n) is 23.4. The molecule has 27 atom stereocenters. The molecule has 2 bridgehead atoms. The van der Waals surface area contributed by atoms with E-state index in [1.54, 1.807) is 0 Å². The van der Waals surface area contributed by atoms with Gasteiger partial charge in [-0.3, -0.25) is 4.79 Å². The van der Waals surface area contributed by atoms with Crippen LogP contribution in [0.2, 0.25) is 0 Å². The molecule has 8 rings (SSSR count). The maximum atomic E-state index is 14.4. The highest BCUT2D eigenvalue weighted by Gasteiger charge is 2.68. The van der Waals surface area contributed by atoms with Gasteiger partial charge in [0.1, 0.15) is 97.7 Å². The maximum absolute atomic E-state index is 14.4. The molecule has 4 aliphatic carbocycles. The van der Waals surface area contributed by atoms with E-state index in [0.717, 1.165) is 12.0 Å². The van der Waals surface area contributed by atoms with Crippen LogP contribution in [-0.4, -0.2) is 233 Å². The first kappa shape index (κ1) is 51.7. The van der Waals surface area contributed by atoms with Crippen molar-refractivity contribution in [3.05, 3.63) is 12.2 Å². The Labute approximate surface area is 386 Å². The molecule has 67 heavy (non-hydrogen) atoms. The molecule has 8 fully saturated rings. The van der Waals surface area contributed by atoms with Gasteiger partial charge in [0.15, 0.2) is 18.9 Å². The number of hydrogen-bond donors (Lipinski definition) is 14. The monoisotopic (exact) mass is 966 g/mol. The largest absolute Gasteiger partial charge is 0.432 e. The summed E-state index contributed by atoms with van der Waals surface area (Å²) in [6, 6.07) is 0. The SMILES string of the molecule is C=C1C[C@@]23CCC4[C@](C)(C(=O)OC5OC(CO)C(O)C(O)C5O)CCC[C@@]4(C)[C@@H]2CC(OC2OC(CO)C(O)C(OC4OC(CO)C(O)C(O)C4O)C2OC2OC(CO)C(O)C(O)C2O)C1C3. The minimum atomic E-state index is -1.96. The molecule has 0 radical (unpaired) electrons. The van der Waals surface area contributed by atoms with E-state index in [1.807, 2.05) is 6.92 Å². The van der Waals surface area contributed by atoms with Gasteiger partial charge in [-0.1, -0.05) is 25.5 Å². The second-order valence-electron chi connectivity index (χ2n) is 20.8. The lowest BCUT2D eigenvalue weighted by Gasteiger charge is -2.64. The van der Waals surface area contributed by atoms with Crippen LogP contribution >= 0.6 is 0 Å². The van der Waals surface area contributed by atoms with Gasteiger partial charge in [0.05, 0.1) is 37.9 Å². The molecule has 4 saturated heterocycles. The van der Waals surface area contributed by atoms with Crippen molar-refractivity contribution in [2.24, 2.45) is 34.0 Å². The highest BCUT2D eigenvalue weighted by Crippen LogP contribution is 2.72. The van der Waals surface area contributed by atoms with E-state index in [2.05, 4.69) is 13.5 Å². The molecule has 4 saturated carbocycles. The molecule has 4 aliphatic heterocycles. The second kappa shape index (κ2) is 19.8. The molecule has 23 unspecified atom stereocenters. The highest BCUT2D eigenvalue weighted by atomic mass is 16.8. The lowest BCUT2D eigenvalue weighted by molar-refractivity contribution is -0.397. The van der Waals surface area contributed by atoms with E-state index in [4.69, 9.17) is 37.9 Å². The quantitative estimate of drug-likeness (QED) is 0.0494. The zero-order valence-electron chi connectivity index (χ0n) is 37.5. The number of ether oxygens (including phenoxy) is 8. The van der Waals surface area contributed by atoms with Gasteiger partial charge in [-0.15, -0.1) is 0 Å². The number of esters is 1. The smallest absolute Gasteiger partial charge is 0.314 e. The molecule has 23 heteroatoms. The fourth-order valence-electron chi connectivity index (χ4n) is 13.4. The third kappa shape index (κ3) is 8.83. The molecule has 384 valence electrons. The number of rotatable bonds is 12. The van der Waals surface area contributed by atoms with Gasteiger partial charge in [0.2, 0.25) is 6.29 Å². The molecule has 14 N–H and O–H groups in total. The summed E-state index contributed by atoms with van der Waals surface area (Å²) in [7, 11) is 0. The molecular weight excluding hydrogens is 896 g/mol. The standard InChI is InChI=1S/C44H70O23/c1-16-10-44-8-5-23-42(2,6-4-7-43(23,3)41(59)67-39-34(58)31(55)27(51)21(14-47)63-39)24(44)9-18(17(16)11-44)60-40-36(66-38-33(57)30(54)26(50)20(13-46)62-38)35(28(52)22(15-48)64-40)65-37-32(56)29(53)25(49)19(12-45)61-37/h17-40,45-58H,1,4-15H2,2-3H3/t17?,18?,19?,20?,21?,22?,23?,24-,25?,26?,27?,28?,29?,30?,31?,32?,33?,34?,35?,36?,37?,38?,39?,40?,42+,43+,44+/m0/s1. The van der Waals surface area contributed by atoms with Crippen molar-refractivity contribution >= 4 is 5.97 Å². The van der Waals surface area contributed by atoms with Crippen LogP contribution in [0.4, 0.5) is 0 Å². The number of aliphatic hydroxyl groups is 14. The van der Waals surface area contributed by atoms with Gasteiger partial charge in [0.25, 0.3) is 0 Å². The lowest BCUT2D eigenvalue weighted by atomic mass is 9.41. The highest BCUT2D eigenvalue weighted by molar-refractivity contribution is 5.77. The van der Waals surface area contributed by atoms with Crippen molar-refractivity contribution in [3.63, 3.8) is 0 Å². The van der Waals surface area contributed by atoms with Crippen LogP contribution < -0.4 is 0 Å². The summed E-state index contributed by atoms with van der Waals surface area (Å²) in [6.45, 7) is 5.29. The van der Waals surface area contributed by atoms with E-state index in [0.29, 0.717) is 44.9 Å². The van der Waals surface area contributed by atoms with Crippen molar-refractivity contribution in [3.8, 4) is 0 Å². The van der Waals surface area contributed by atoms with E-state index >= 15 is 0 Å². The zero-order chi connectivity index (χ0) is 48.7. The average molecular weight is 967 g/mol.